The second-order valence-corrected chi connectivity index (χ2v) is 7.84. The fraction of sp³-hybridized carbons (Fsp3) is 0.300. The summed E-state index contributed by atoms with van der Waals surface area (Å²) in [6.07, 6.45) is 2.19. The van der Waals surface area contributed by atoms with Crippen LogP contribution in [0.4, 0.5) is 5.69 Å². The fourth-order valence-electron chi connectivity index (χ4n) is 3.44. The minimum absolute atomic E-state index is 0.0138. The molecule has 0 saturated heterocycles. The smallest absolute Gasteiger partial charge is 0.238 e. The molecule has 1 fully saturated rings. The first kappa shape index (κ1) is 17.2. The van der Waals surface area contributed by atoms with Crippen LogP contribution in [0.3, 0.4) is 0 Å². The number of rotatable bonds is 5. The molecule has 1 atom stereocenters. The van der Waals surface area contributed by atoms with Gasteiger partial charge in [-0.15, -0.1) is 5.10 Å². The minimum Gasteiger partial charge on any atom is -0.489 e. The molecule has 5 rings (SSSR count). The lowest BCUT2D eigenvalue weighted by Crippen LogP contribution is -2.42. The summed E-state index contributed by atoms with van der Waals surface area (Å²) in [5.41, 5.74) is 1.85. The quantitative estimate of drug-likeness (QED) is 0.620. The number of aromatic nitrogens is 4. The Morgan fingerprint density at radius 2 is 1.89 bits per heavy atom. The molecule has 0 spiro atoms. The van der Waals surface area contributed by atoms with Crippen LogP contribution in [0.5, 0.6) is 5.75 Å². The second-order valence-electron chi connectivity index (χ2n) is 6.89. The van der Waals surface area contributed by atoms with Gasteiger partial charge in [0.2, 0.25) is 11.1 Å². The van der Waals surface area contributed by atoms with Crippen LogP contribution < -0.4 is 9.64 Å². The van der Waals surface area contributed by atoms with Crippen LogP contribution in [0.25, 0.3) is 0 Å². The van der Waals surface area contributed by atoms with Gasteiger partial charge in [-0.2, -0.15) is 0 Å². The van der Waals surface area contributed by atoms with Crippen molar-refractivity contribution in [2.45, 2.75) is 30.1 Å². The highest BCUT2D eigenvalue weighted by Gasteiger charge is 2.34. The van der Waals surface area contributed by atoms with Crippen molar-refractivity contribution in [1.82, 2.24) is 20.2 Å². The molecule has 1 aliphatic carbocycles. The van der Waals surface area contributed by atoms with Gasteiger partial charge in [0.25, 0.3) is 0 Å². The number of ether oxygens (including phenoxy) is 1. The van der Waals surface area contributed by atoms with Crippen molar-refractivity contribution in [2.24, 2.45) is 0 Å². The van der Waals surface area contributed by atoms with Gasteiger partial charge >= 0.3 is 0 Å². The number of nitrogens with zero attached hydrogens (tertiary/aromatic N) is 5. The van der Waals surface area contributed by atoms with Gasteiger partial charge < -0.3 is 4.74 Å². The highest BCUT2D eigenvalue weighted by atomic mass is 32.2. The van der Waals surface area contributed by atoms with Gasteiger partial charge in [-0.05, 0) is 41.0 Å². The Morgan fingerprint density at radius 1 is 1.11 bits per heavy atom. The van der Waals surface area contributed by atoms with Crippen molar-refractivity contribution >= 4 is 23.4 Å². The van der Waals surface area contributed by atoms with Crippen LogP contribution in [0.1, 0.15) is 30.5 Å². The molecule has 2 aromatic carbocycles. The summed E-state index contributed by atoms with van der Waals surface area (Å²) >= 11 is 1.39. The molecule has 3 aromatic rings. The van der Waals surface area contributed by atoms with E-state index in [0.29, 0.717) is 17.8 Å². The third-order valence-corrected chi connectivity index (χ3v) is 5.88. The molecule has 1 unspecified atom stereocenters. The summed E-state index contributed by atoms with van der Waals surface area (Å²) in [5, 5.41) is 12.6. The van der Waals surface area contributed by atoms with E-state index in [1.807, 2.05) is 64.2 Å². The Morgan fingerprint density at radius 3 is 2.71 bits per heavy atom. The molecule has 1 amide bonds. The summed E-state index contributed by atoms with van der Waals surface area (Å²) in [5.74, 6) is 1.01. The summed E-state index contributed by atoms with van der Waals surface area (Å²) < 4.78 is 7.78. The highest BCUT2D eigenvalue weighted by Crippen LogP contribution is 2.40. The van der Waals surface area contributed by atoms with E-state index in [-0.39, 0.29) is 17.7 Å². The maximum atomic E-state index is 13.3. The number of amides is 1. The number of tetrazole rings is 1. The number of thioether (sulfide) groups is 1. The van der Waals surface area contributed by atoms with Crippen molar-refractivity contribution in [1.29, 1.82) is 0 Å². The van der Waals surface area contributed by atoms with Gasteiger partial charge in [0.15, 0.2) is 0 Å². The van der Waals surface area contributed by atoms with Gasteiger partial charge in [-0.25, -0.2) is 4.68 Å². The average molecular weight is 393 g/mol. The third kappa shape index (κ3) is 3.24. The zero-order chi connectivity index (χ0) is 18.9. The molecule has 2 aliphatic rings. The van der Waals surface area contributed by atoms with Crippen molar-refractivity contribution in [3.63, 3.8) is 0 Å². The molecule has 2 heterocycles. The molecule has 0 radical (unpaired) electrons. The van der Waals surface area contributed by atoms with Crippen molar-refractivity contribution in [2.75, 3.05) is 17.3 Å². The number of benzene rings is 2. The molecule has 7 nitrogen and oxygen atoms in total. The van der Waals surface area contributed by atoms with Crippen LogP contribution in [0, 0.1) is 0 Å². The monoisotopic (exact) mass is 393 g/mol. The zero-order valence-corrected chi connectivity index (χ0v) is 16.0. The van der Waals surface area contributed by atoms with Crippen LogP contribution in [-0.2, 0) is 4.79 Å². The number of hydrogen-bond acceptors (Lipinski definition) is 6. The fourth-order valence-corrected chi connectivity index (χ4v) is 4.25. The van der Waals surface area contributed by atoms with E-state index in [0.717, 1.165) is 29.8 Å². The van der Waals surface area contributed by atoms with Gasteiger partial charge in [0, 0.05) is 0 Å². The van der Waals surface area contributed by atoms with E-state index >= 15 is 0 Å². The molecule has 142 valence electrons. The largest absolute Gasteiger partial charge is 0.489 e. The van der Waals surface area contributed by atoms with Crippen molar-refractivity contribution in [3.05, 3.63) is 60.2 Å². The van der Waals surface area contributed by atoms with Crippen LogP contribution >= 0.6 is 11.8 Å². The Kier molecular flexibility index (Phi) is 4.48. The van der Waals surface area contributed by atoms with Gasteiger partial charge in [-0.1, -0.05) is 54.2 Å². The van der Waals surface area contributed by atoms with Gasteiger partial charge in [0.1, 0.15) is 12.4 Å². The second kappa shape index (κ2) is 7.27. The number of carbonyl (C=O) groups excluding carboxylic acids is 1. The standard InChI is InChI=1S/C20H19N5O2S/c26-19(13-28-20-21-22-23-25(20)15-10-11-15)24-16-8-4-5-9-18(16)27-12-17(24)14-6-2-1-3-7-14/h1-9,15,17H,10-13H2. The number of anilines is 1. The third-order valence-electron chi connectivity index (χ3n) is 4.97. The maximum Gasteiger partial charge on any atom is 0.238 e. The lowest BCUT2D eigenvalue weighted by molar-refractivity contribution is -0.117. The summed E-state index contributed by atoms with van der Waals surface area (Å²) in [6.45, 7) is 0.428. The van der Waals surface area contributed by atoms with Crippen LogP contribution in [0.2, 0.25) is 0 Å². The molecule has 0 N–H and O–H groups in total. The average Bonchev–Trinajstić information content (AvgIpc) is 3.49. The van der Waals surface area contributed by atoms with E-state index in [2.05, 4.69) is 15.5 Å². The first-order valence-corrected chi connectivity index (χ1v) is 10.3. The summed E-state index contributed by atoms with van der Waals surface area (Å²) in [7, 11) is 0. The molecule has 8 heteroatoms. The van der Waals surface area contributed by atoms with E-state index in [9.17, 15) is 4.79 Å². The first-order chi connectivity index (χ1) is 13.8. The number of fused-ring (bicyclic) bond motifs is 1. The number of hydrogen-bond donors (Lipinski definition) is 0. The van der Waals surface area contributed by atoms with Crippen molar-refractivity contribution < 1.29 is 9.53 Å². The van der Waals surface area contributed by atoms with E-state index in [1.165, 1.54) is 11.8 Å². The number of carbonyl (C=O) groups is 1. The normalized spacial score (nSPS) is 18.4. The molecule has 1 aromatic heterocycles. The Balaban J connectivity index is 1.42. The molecular formula is C20H19N5O2S. The molecule has 28 heavy (non-hydrogen) atoms. The molecule has 1 aliphatic heterocycles. The predicted molar refractivity (Wildman–Crippen MR) is 105 cm³/mol. The van der Waals surface area contributed by atoms with E-state index in [1.54, 1.807) is 0 Å². The van der Waals surface area contributed by atoms with Gasteiger partial charge in [0.05, 0.1) is 23.5 Å². The van der Waals surface area contributed by atoms with Crippen molar-refractivity contribution in [3.8, 4) is 5.75 Å². The predicted octanol–water partition coefficient (Wildman–Crippen LogP) is 3.27. The van der Waals surface area contributed by atoms with Gasteiger partial charge in [-0.3, -0.25) is 9.69 Å². The lowest BCUT2D eigenvalue weighted by atomic mass is 10.0. The minimum atomic E-state index is -0.163. The SMILES string of the molecule is O=C(CSc1nnnn1C1CC1)N1c2ccccc2OCC1c1ccccc1. The zero-order valence-electron chi connectivity index (χ0n) is 15.1. The Hall–Kier alpha value is -2.87. The summed E-state index contributed by atoms with van der Waals surface area (Å²) in [4.78, 5) is 15.2. The lowest BCUT2D eigenvalue weighted by Gasteiger charge is -2.37. The molecule has 0 bridgehead atoms. The van der Waals surface area contributed by atoms with E-state index < -0.39 is 0 Å². The topological polar surface area (TPSA) is 73.1 Å². The highest BCUT2D eigenvalue weighted by molar-refractivity contribution is 7.99. The number of para-hydroxylation sites is 2. The van der Waals surface area contributed by atoms with Crippen LogP contribution in [-0.4, -0.2) is 38.5 Å². The molecule has 1 saturated carbocycles. The van der Waals surface area contributed by atoms with Crippen LogP contribution in [0.15, 0.2) is 59.8 Å². The summed E-state index contributed by atoms with van der Waals surface area (Å²) in [6, 6.07) is 17.9. The first-order valence-electron chi connectivity index (χ1n) is 9.31. The molecular weight excluding hydrogens is 374 g/mol. The van der Waals surface area contributed by atoms with E-state index in [4.69, 9.17) is 4.74 Å². The Labute approximate surface area is 166 Å². The maximum absolute atomic E-state index is 13.3. The Bertz CT molecular complexity index is 989.